The molecule has 1 atom stereocenters. The molecule has 0 aromatic carbocycles. The summed E-state index contributed by atoms with van der Waals surface area (Å²) in [5.41, 5.74) is 0.799. The predicted molar refractivity (Wildman–Crippen MR) is 49.0 cm³/mol. The molecule has 1 aromatic heterocycles. The van der Waals surface area contributed by atoms with Gasteiger partial charge in [0, 0.05) is 12.4 Å². The summed E-state index contributed by atoms with van der Waals surface area (Å²) in [6.07, 6.45) is 3.48. The molecule has 0 aliphatic carbocycles. The lowest BCUT2D eigenvalue weighted by Gasteiger charge is -2.06. The quantitative estimate of drug-likeness (QED) is 0.738. The highest BCUT2D eigenvalue weighted by Gasteiger charge is 2.17. The van der Waals surface area contributed by atoms with Crippen LogP contribution in [-0.2, 0) is 16.5 Å². The summed E-state index contributed by atoms with van der Waals surface area (Å²) in [6, 6.07) is 3.50. The Kier molecular flexibility index (Phi) is 3.00. The molecular weight excluding hydrogens is 190 g/mol. The van der Waals surface area contributed by atoms with Gasteiger partial charge in [-0.15, -0.1) is 0 Å². The van der Waals surface area contributed by atoms with E-state index < -0.39 is 15.4 Å². The lowest BCUT2D eigenvalue weighted by Crippen LogP contribution is -2.19. The van der Waals surface area contributed by atoms with Crippen LogP contribution in [0.1, 0.15) is 12.5 Å². The van der Waals surface area contributed by atoms with Gasteiger partial charge in [0.25, 0.3) is 10.1 Å². The Bertz CT molecular complexity index is 360. The number of hydrogen-bond donors (Lipinski definition) is 1. The maximum Gasteiger partial charge on any atom is 0.267 e. The minimum Gasteiger partial charge on any atom is -0.285 e. The van der Waals surface area contributed by atoms with Crippen molar-refractivity contribution in [1.82, 2.24) is 4.98 Å². The van der Waals surface area contributed by atoms with Crippen molar-refractivity contribution in [3.63, 3.8) is 0 Å². The third-order valence-corrected chi connectivity index (χ3v) is 2.94. The van der Waals surface area contributed by atoms with Crippen LogP contribution in [0.4, 0.5) is 0 Å². The Morgan fingerprint density at radius 3 is 2.77 bits per heavy atom. The first-order chi connectivity index (χ1) is 6.00. The lowest BCUT2D eigenvalue weighted by molar-refractivity contribution is 0.469. The van der Waals surface area contributed by atoms with Crippen molar-refractivity contribution >= 4 is 10.1 Å². The molecule has 1 aromatic rings. The van der Waals surface area contributed by atoms with Gasteiger partial charge in [-0.25, -0.2) is 0 Å². The molecule has 1 unspecified atom stereocenters. The number of pyridine rings is 1. The number of aromatic nitrogens is 1. The van der Waals surface area contributed by atoms with Gasteiger partial charge in [0.05, 0.1) is 5.25 Å². The molecule has 1 heterocycles. The Morgan fingerprint density at radius 2 is 2.31 bits per heavy atom. The topological polar surface area (TPSA) is 67.3 Å². The summed E-state index contributed by atoms with van der Waals surface area (Å²) in [6.45, 7) is 1.46. The number of rotatable bonds is 3. The molecule has 0 saturated heterocycles. The Morgan fingerprint density at radius 1 is 1.62 bits per heavy atom. The second kappa shape index (κ2) is 3.85. The maximum atomic E-state index is 10.7. The number of hydrogen-bond acceptors (Lipinski definition) is 3. The van der Waals surface area contributed by atoms with Gasteiger partial charge in [-0.2, -0.15) is 8.42 Å². The van der Waals surface area contributed by atoms with Crippen LogP contribution >= 0.6 is 0 Å². The van der Waals surface area contributed by atoms with E-state index in [0.29, 0.717) is 0 Å². The second-order valence-electron chi connectivity index (χ2n) is 2.89. The van der Waals surface area contributed by atoms with E-state index in [0.717, 1.165) is 5.56 Å². The van der Waals surface area contributed by atoms with Gasteiger partial charge in [0.2, 0.25) is 0 Å². The summed E-state index contributed by atoms with van der Waals surface area (Å²) in [5, 5.41) is -0.781. The molecular formula is C8H11NO3S. The fraction of sp³-hybridized carbons (Fsp3) is 0.375. The smallest absolute Gasteiger partial charge is 0.267 e. The largest absolute Gasteiger partial charge is 0.285 e. The zero-order valence-corrected chi connectivity index (χ0v) is 8.03. The molecule has 72 valence electrons. The van der Waals surface area contributed by atoms with Crippen molar-refractivity contribution in [3.05, 3.63) is 30.1 Å². The fourth-order valence-electron chi connectivity index (χ4n) is 0.956. The average molecular weight is 201 g/mol. The van der Waals surface area contributed by atoms with E-state index in [4.69, 9.17) is 4.55 Å². The summed E-state index contributed by atoms with van der Waals surface area (Å²) >= 11 is 0. The van der Waals surface area contributed by atoms with Crippen LogP contribution in [0.2, 0.25) is 0 Å². The van der Waals surface area contributed by atoms with Gasteiger partial charge < -0.3 is 0 Å². The highest BCUT2D eigenvalue weighted by Crippen LogP contribution is 2.06. The Hall–Kier alpha value is -0.940. The van der Waals surface area contributed by atoms with E-state index in [1.807, 2.05) is 0 Å². The van der Waals surface area contributed by atoms with Crippen LogP contribution in [0.3, 0.4) is 0 Å². The van der Waals surface area contributed by atoms with Gasteiger partial charge in [-0.05, 0) is 25.0 Å². The highest BCUT2D eigenvalue weighted by molar-refractivity contribution is 7.86. The molecule has 0 aliphatic rings. The predicted octanol–water partition coefficient (Wildman–Crippen LogP) is 0.900. The van der Waals surface area contributed by atoms with Gasteiger partial charge >= 0.3 is 0 Å². The molecule has 0 fully saturated rings. The normalized spacial score (nSPS) is 14.0. The van der Waals surface area contributed by atoms with Crippen LogP contribution in [0.25, 0.3) is 0 Å². The zero-order chi connectivity index (χ0) is 9.90. The monoisotopic (exact) mass is 201 g/mol. The van der Waals surface area contributed by atoms with Crippen LogP contribution < -0.4 is 0 Å². The SMILES string of the molecule is CC(Cc1cccnc1)S(=O)(=O)O. The molecule has 0 aliphatic heterocycles. The first-order valence-electron chi connectivity index (χ1n) is 3.85. The molecule has 5 heteroatoms. The van der Waals surface area contributed by atoms with Crippen molar-refractivity contribution < 1.29 is 13.0 Å². The van der Waals surface area contributed by atoms with Crippen molar-refractivity contribution in [2.24, 2.45) is 0 Å². The van der Waals surface area contributed by atoms with Gasteiger partial charge in [-0.1, -0.05) is 6.07 Å². The molecule has 0 amide bonds. The molecule has 0 spiro atoms. The molecule has 0 saturated carbocycles. The summed E-state index contributed by atoms with van der Waals surface area (Å²) in [7, 11) is -3.93. The van der Waals surface area contributed by atoms with Crippen LogP contribution in [0, 0.1) is 0 Å². The Balaban J connectivity index is 2.72. The average Bonchev–Trinajstić information content (AvgIpc) is 2.04. The molecule has 13 heavy (non-hydrogen) atoms. The van der Waals surface area contributed by atoms with E-state index in [-0.39, 0.29) is 6.42 Å². The Labute approximate surface area is 77.4 Å². The van der Waals surface area contributed by atoms with Crippen molar-refractivity contribution in [2.75, 3.05) is 0 Å². The van der Waals surface area contributed by atoms with E-state index in [2.05, 4.69) is 4.98 Å². The lowest BCUT2D eigenvalue weighted by atomic mass is 10.2. The van der Waals surface area contributed by atoms with Gasteiger partial charge in [0.15, 0.2) is 0 Å². The van der Waals surface area contributed by atoms with Crippen molar-refractivity contribution in [1.29, 1.82) is 0 Å². The minimum atomic E-state index is -3.93. The molecule has 0 bridgehead atoms. The van der Waals surface area contributed by atoms with E-state index >= 15 is 0 Å². The highest BCUT2D eigenvalue weighted by atomic mass is 32.2. The summed E-state index contributed by atoms with van der Waals surface area (Å²) < 4.78 is 30.0. The van der Waals surface area contributed by atoms with E-state index in [1.54, 1.807) is 24.5 Å². The first-order valence-corrected chi connectivity index (χ1v) is 5.35. The summed E-state index contributed by atoms with van der Waals surface area (Å²) in [4.78, 5) is 3.84. The fourth-order valence-corrected chi connectivity index (χ4v) is 1.36. The third-order valence-electron chi connectivity index (χ3n) is 1.75. The standard InChI is InChI=1S/C8H11NO3S/c1-7(13(10,11)12)5-8-3-2-4-9-6-8/h2-4,6-7H,5H2,1H3,(H,10,11,12). The van der Waals surface area contributed by atoms with Crippen LogP contribution in [0.15, 0.2) is 24.5 Å². The second-order valence-corrected chi connectivity index (χ2v) is 4.73. The minimum absolute atomic E-state index is 0.284. The van der Waals surface area contributed by atoms with E-state index in [9.17, 15) is 8.42 Å². The third kappa shape index (κ3) is 3.12. The van der Waals surface area contributed by atoms with Gasteiger partial charge in [-0.3, -0.25) is 9.54 Å². The molecule has 0 radical (unpaired) electrons. The van der Waals surface area contributed by atoms with Crippen molar-refractivity contribution in [3.8, 4) is 0 Å². The molecule has 4 nitrogen and oxygen atoms in total. The molecule has 1 N–H and O–H groups in total. The molecule has 1 rings (SSSR count). The first kappa shape index (κ1) is 10.1. The maximum absolute atomic E-state index is 10.7. The zero-order valence-electron chi connectivity index (χ0n) is 7.21. The van der Waals surface area contributed by atoms with Gasteiger partial charge in [0.1, 0.15) is 0 Å². The van der Waals surface area contributed by atoms with E-state index in [1.165, 1.54) is 6.92 Å². The van der Waals surface area contributed by atoms with Crippen LogP contribution in [0.5, 0.6) is 0 Å². The van der Waals surface area contributed by atoms with Crippen LogP contribution in [-0.4, -0.2) is 23.2 Å². The number of nitrogens with zero attached hydrogens (tertiary/aromatic N) is 1. The summed E-state index contributed by atoms with van der Waals surface area (Å²) in [5.74, 6) is 0. The van der Waals surface area contributed by atoms with Crippen molar-refractivity contribution in [2.45, 2.75) is 18.6 Å².